The predicted octanol–water partition coefficient (Wildman–Crippen LogP) is 2.11. The summed E-state index contributed by atoms with van der Waals surface area (Å²) in [5.41, 5.74) is 1.47. The highest BCUT2D eigenvalue weighted by molar-refractivity contribution is 5.55. The van der Waals surface area contributed by atoms with E-state index in [0.29, 0.717) is 5.56 Å². The molecule has 1 atom stereocenters. The van der Waals surface area contributed by atoms with E-state index in [0.717, 1.165) is 5.56 Å². The predicted molar refractivity (Wildman–Crippen MR) is 68.8 cm³/mol. The third-order valence-electron chi connectivity index (χ3n) is 2.89. The molecule has 0 aliphatic carbocycles. The first kappa shape index (κ1) is 12.3. The van der Waals surface area contributed by atoms with Crippen LogP contribution in [-0.4, -0.2) is 22.4 Å². The van der Waals surface area contributed by atoms with Crippen LogP contribution in [0.2, 0.25) is 0 Å². The van der Waals surface area contributed by atoms with Gasteiger partial charge in [0.2, 0.25) is 5.75 Å². The first-order valence-corrected chi connectivity index (χ1v) is 5.61. The quantitative estimate of drug-likeness (QED) is 0.625. The fourth-order valence-corrected chi connectivity index (χ4v) is 1.96. The van der Waals surface area contributed by atoms with Crippen LogP contribution in [0.3, 0.4) is 0 Å². The second kappa shape index (κ2) is 4.98. The highest BCUT2D eigenvalue weighted by atomic mass is 16.3. The molecule has 0 aromatic heterocycles. The molecule has 0 aliphatic heterocycles. The van der Waals surface area contributed by atoms with E-state index in [-0.39, 0.29) is 17.5 Å². The number of aromatic hydroxyl groups is 3. The molecular formula is C14H15NO3. The minimum Gasteiger partial charge on any atom is -0.504 e. The lowest BCUT2D eigenvalue weighted by Crippen LogP contribution is -2.17. The van der Waals surface area contributed by atoms with Crippen LogP contribution in [0.15, 0.2) is 42.5 Å². The topological polar surface area (TPSA) is 72.7 Å². The number of benzene rings is 2. The summed E-state index contributed by atoms with van der Waals surface area (Å²) in [6.07, 6.45) is 0. The molecule has 18 heavy (non-hydrogen) atoms. The minimum atomic E-state index is -0.497. The van der Waals surface area contributed by atoms with Crippen LogP contribution in [0.4, 0.5) is 0 Å². The molecule has 0 spiro atoms. The number of phenols is 3. The van der Waals surface area contributed by atoms with Gasteiger partial charge < -0.3 is 20.6 Å². The highest BCUT2D eigenvalue weighted by Crippen LogP contribution is 2.41. The molecule has 4 N–H and O–H groups in total. The summed E-state index contributed by atoms with van der Waals surface area (Å²) in [6, 6.07) is 12.2. The fraction of sp³-hybridized carbons (Fsp3) is 0.143. The molecule has 1 unspecified atom stereocenters. The van der Waals surface area contributed by atoms with Crippen molar-refractivity contribution in [1.29, 1.82) is 0 Å². The van der Waals surface area contributed by atoms with Crippen LogP contribution in [-0.2, 0) is 0 Å². The molecule has 0 aliphatic rings. The van der Waals surface area contributed by atoms with Gasteiger partial charge in [0.15, 0.2) is 11.5 Å². The SMILES string of the molecule is CNC(c1ccccc1)c1ccc(O)c(O)c1O. The molecule has 0 fully saturated rings. The van der Waals surface area contributed by atoms with Crippen molar-refractivity contribution >= 4 is 0 Å². The van der Waals surface area contributed by atoms with E-state index in [1.54, 1.807) is 13.1 Å². The van der Waals surface area contributed by atoms with Gasteiger partial charge in [-0.15, -0.1) is 0 Å². The largest absolute Gasteiger partial charge is 0.504 e. The van der Waals surface area contributed by atoms with Gasteiger partial charge in [-0.2, -0.15) is 0 Å². The van der Waals surface area contributed by atoms with Crippen molar-refractivity contribution < 1.29 is 15.3 Å². The van der Waals surface area contributed by atoms with Crippen LogP contribution in [0.25, 0.3) is 0 Å². The lowest BCUT2D eigenvalue weighted by Gasteiger charge is -2.19. The van der Waals surface area contributed by atoms with E-state index >= 15 is 0 Å². The molecule has 0 saturated carbocycles. The summed E-state index contributed by atoms with van der Waals surface area (Å²) in [4.78, 5) is 0. The van der Waals surface area contributed by atoms with E-state index in [1.165, 1.54) is 6.07 Å². The molecular weight excluding hydrogens is 230 g/mol. The Balaban J connectivity index is 2.50. The van der Waals surface area contributed by atoms with E-state index in [9.17, 15) is 15.3 Å². The van der Waals surface area contributed by atoms with Crippen molar-refractivity contribution in [3.63, 3.8) is 0 Å². The Kier molecular flexibility index (Phi) is 3.39. The normalized spacial score (nSPS) is 12.3. The second-order valence-corrected chi connectivity index (χ2v) is 4.00. The minimum absolute atomic E-state index is 0.252. The molecule has 0 radical (unpaired) electrons. The highest BCUT2D eigenvalue weighted by Gasteiger charge is 2.19. The third kappa shape index (κ3) is 2.10. The summed E-state index contributed by atoms with van der Waals surface area (Å²) in [5, 5.41) is 31.8. The van der Waals surface area contributed by atoms with Crippen LogP contribution in [0.1, 0.15) is 17.2 Å². The zero-order chi connectivity index (χ0) is 13.1. The maximum Gasteiger partial charge on any atom is 0.200 e. The van der Waals surface area contributed by atoms with Crippen LogP contribution in [0.5, 0.6) is 17.2 Å². The van der Waals surface area contributed by atoms with Crippen molar-refractivity contribution in [2.75, 3.05) is 7.05 Å². The van der Waals surface area contributed by atoms with Crippen molar-refractivity contribution in [1.82, 2.24) is 5.32 Å². The molecule has 0 amide bonds. The number of hydrogen-bond donors (Lipinski definition) is 4. The van der Waals surface area contributed by atoms with Gasteiger partial charge in [0.25, 0.3) is 0 Å². The maximum absolute atomic E-state index is 9.89. The van der Waals surface area contributed by atoms with Crippen LogP contribution >= 0.6 is 0 Å². The van der Waals surface area contributed by atoms with Gasteiger partial charge >= 0.3 is 0 Å². The smallest absolute Gasteiger partial charge is 0.200 e. The molecule has 2 rings (SSSR count). The molecule has 4 heteroatoms. The van der Waals surface area contributed by atoms with Crippen molar-refractivity contribution in [2.24, 2.45) is 0 Å². The fourth-order valence-electron chi connectivity index (χ4n) is 1.96. The summed E-state index contributed by atoms with van der Waals surface area (Å²) >= 11 is 0. The Morgan fingerprint density at radius 1 is 0.889 bits per heavy atom. The zero-order valence-electron chi connectivity index (χ0n) is 9.96. The molecule has 4 nitrogen and oxygen atoms in total. The van der Waals surface area contributed by atoms with E-state index in [1.807, 2.05) is 30.3 Å². The van der Waals surface area contributed by atoms with Crippen molar-refractivity contribution in [2.45, 2.75) is 6.04 Å². The standard InChI is InChI=1S/C14H15NO3/c1-15-12(9-5-3-2-4-6-9)10-7-8-11(16)14(18)13(10)17/h2-8,12,15-18H,1H3. The van der Waals surface area contributed by atoms with E-state index in [2.05, 4.69) is 5.32 Å². The van der Waals surface area contributed by atoms with Gasteiger partial charge in [0, 0.05) is 5.56 Å². The Hall–Kier alpha value is -2.20. The second-order valence-electron chi connectivity index (χ2n) is 4.00. The molecule has 2 aromatic carbocycles. The van der Waals surface area contributed by atoms with Crippen LogP contribution in [0, 0.1) is 0 Å². The van der Waals surface area contributed by atoms with E-state index in [4.69, 9.17) is 0 Å². The van der Waals surface area contributed by atoms with E-state index < -0.39 is 5.75 Å². The molecule has 0 bridgehead atoms. The average Bonchev–Trinajstić information content (AvgIpc) is 2.41. The molecule has 0 heterocycles. The molecule has 0 saturated heterocycles. The lowest BCUT2D eigenvalue weighted by atomic mass is 9.97. The Morgan fingerprint density at radius 2 is 1.56 bits per heavy atom. The Labute approximate surface area is 105 Å². The number of phenolic OH excluding ortho intramolecular Hbond substituents is 3. The first-order valence-electron chi connectivity index (χ1n) is 5.61. The molecule has 94 valence electrons. The lowest BCUT2D eigenvalue weighted by molar-refractivity contribution is 0.363. The van der Waals surface area contributed by atoms with Gasteiger partial charge in [0.1, 0.15) is 0 Å². The summed E-state index contributed by atoms with van der Waals surface area (Å²) in [5.74, 6) is -1.14. The Bertz CT molecular complexity index is 540. The Morgan fingerprint density at radius 3 is 2.17 bits per heavy atom. The monoisotopic (exact) mass is 245 g/mol. The first-order chi connectivity index (χ1) is 8.65. The number of hydrogen-bond acceptors (Lipinski definition) is 4. The van der Waals surface area contributed by atoms with Crippen molar-refractivity contribution in [3.8, 4) is 17.2 Å². The van der Waals surface area contributed by atoms with Gasteiger partial charge in [-0.25, -0.2) is 0 Å². The third-order valence-corrected chi connectivity index (χ3v) is 2.89. The van der Waals surface area contributed by atoms with Gasteiger partial charge in [-0.05, 0) is 24.7 Å². The maximum atomic E-state index is 9.89. The average molecular weight is 245 g/mol. The molecule has 2 aromatic rings. The number of nitrogens with one attached hydrogen (secondary N) is 1. The van der Waals surface area contributed by atoms with Gasteiger partial charge in [0.05, 0.1) is 6.04 Å². The van der Waals surface area contributed by atoms with Crippen molar-refractivity contribution in [3.05, 3.63) is 53.6 Å². The summed E-state index contributed by atoms with van der Waals surface area (Å²) in [6.45, 7) is 0. The summed E-state index contributed by atoms with van der Waals surface area (Å²) in [7, 11) is 1.76. The van der Waals surface area contributed by atoms with Gasteiger partial charge in [-0.3, -0.25) is 0 Å². The van der Waals surface area contributed by atoms with Crippen LogP contribution < -0.4 is 5.32 Å². The number of rotatable bonds is 3. The van der Waals surface area contributed by atoms with Gasteiger partial charge in [-0.1, -0.05) is 30.3 Å². The zero-order valence-corrected chi connectivity index (χ0v) is 9.96. The summed E-state index contributed by atoms with van der Waals surface area (Å²) < 4.78 is 0.